The number of likely N-dealkylation sites (tertiary alicyclic amines) is 1. The van der Waals surface area contributed by atoms with Gasteiger partial charge >= 0.3 is 0 Å². The van der Waals surface area contributed by atoms with Crippen molar-refractivity contribution in [2.24, 2.45) is 0 Å². The molecule has 1 N–H and O–H groups in total. The maximum atomic E-state index is 13.7. The normalized spacial score (nSPS) is 22.3. The van der Waals surface area contributed by atoms with Gasteiger partial charge in [0.25, 0.3) is 11.8 Å². The topological polar surface area (TPSA) is 70.6 Å². The Labute approximate surface area is 231 Å². The summed E-state index contributed by atoms with van der Waals surface area (Å²) >= 11 is 0. The summed E-state index contributed by atoms with van der Waals surface area (Å²) in [5, 5.41) is 3.50. The summed E-state index contributed by atoms with van der Waals surface area (Å²) in [7, 11) is 0. The largest absolute Gasteiger partial charge is 0.378 e. The van der Waals surface area contributed by atoms with Crippen LogP contribution in [0.3, 0.4) is 0 Å². The van der Waals surface area contributed by atoms with E-state index >= 15 is 0 Å². The van der Waals surface area contributed by atoms with Crippen molar-refractivity contribution in [3.8, 4) is 11.4 Å². The molecule has 1 amide bonds. The van der Waals surface area contributed by atoms with Gasteiger partial charge in [-0.05, 0) is 54.4 Å². The van der Waals surface area contributed by atoms with Crippen LogP contribution in [0.2, 0.25) is 0 Å². The molecule has 3 heterocycles. The lowest BCUT2D eigenvalue weighted by Gasteiger charge is -2.31. The van der Waals surface area contributed by atoms with Gasteiger partial charge in [0.15, 0.2) is 5.82 Å². The predicted molar refractivity (Wildman–Crippen MR) is 145 cm³/mol. The summed E-state index contributed by atoms with van der Waals surface area (Å²) in [5.74, 6) is -2.64. The first-order valence-corrected chi connectivity index (χ1v) is 13.8. The number of rotatable bonds is 7. The Morgan fingerprint density at radius 1 is 0.975 bits per heavy atom. The van der Waals surface area contributed by atoms with Crippen molar-refractivity contribution in [3.63, 3.8) is 0 Å². The number of hydrogen-bond donors (Lipinski definition) is 1. The van der Waals surface area contributed by atoms with Gasteiger partial charge in [-0.2, -0.15) is 0 Å². The van der Waals surface area contributed by atoms with Gasteiger partial charge < -0.3 is 19.9 Å². The Kier molecular flexibility index (Phi) is 7.46. The van der Waals surface area contributed by atoms with Crippen molar-refractivity contribution < 1.29 is 22.7 Å². The number of hydrogen-bond acceptors (Lipinski definition) is 6. The van der Waals surface area contributed by atoms with Crippen molar-refractivity contribution in [2.75, 3.05) is 44.3 Å². The Hall–Kier alpha value is -3.50. The number of aromatic nitrogens is 2. The minimum atomic E-state index is -2.74. The van der Waals surface area contributed by atoms with Crippen molar-refractivity contribution >= 4 is 11.6 Å². The number of ether oxygens (including phenoxy) is 1. The number of alkyl halides is 2. The van der Waals surface area contributed by atoms with Crippen LogP contribution in [-0.2, 0) is 11.3 Å². The Balaban J connectivity index is 1.21. The van der Waals surface area contributed by atoms with Gasteiger partial charge in [0.2, 0.25) is 0 Å². The van der Waals surface area contributed by atoms with E-state index in [0.717, 1.165) is 36.3 Å². The van der Waals surface area contributed by atoms with E-state index in [9.17, 15) is 18.0 Å². The van der Waals surface area contributed by atoms with Crippen LogP contribution in [0, 0.1) is 5.82 Å². The molecule has 2 aliphatic heterocycles. The molecule has 7 nitrogen and oxygen atoms in total. The molecule has 0 radical (unpaired) electrons. The molecule has 3 aromatic rings. The molecular formula is C30H32F3N5O2. The van der Waals surface area contributed by atoms with E-state index in [1.807, 2.05) is 36.4 Å². The number of amides is 1. The standard InChI is InChI=1S/C30H32F3N5O2/c31-22-5-1-20(2-6-22)25-18-26(25)34-19-23-17-27(29(39)38-11-9-30(32,33)10-12-38)36-28(35-23)21-3-7-24(8-4-21)37-13-15-40-16-14-37/h1-8,17,25-26,34H,9-16,18-19H2/t25-,26+/m0/s1. The van der Waals surface area contributed by atoms with Crippen LogP contribution in [0.4, 0.5) is 18.9 Å². The molecule has 210 valence electrons. The molecule has 0 unspecified atom stereocenters. The number of carbonyl (C=O) groups excluding carboxylic acids is 1. The smallest absolute Gasteiger partial charge is 0.272 e. The fraction of sp³-hybridized carbons (Fsp3) is 0.433. The van der Waals surface area contributed by atoms with E-state index in [1.54, 1.807) is 6.07 Å². The lowest BCUT2D eigenvalue weighted by atomic mass is 10.1. The van der Waals surface area contributed by atoms with Crippen LogP contribution in [0.15, 0.2) is 54.6 Å². The highest BCUT2D eigenvalue weighted by molar-refractivity contribution is 5.93. The van der Waals surface area contributed by atoms with E-state index in [4.69, 9.17) is 9.72 Å². The quantitative estimate of drug-likeness (QED) is 0.462. The molecule has 6 rings (SSSR count). The van der Waals surface area contributed by atoms with Crippen LogP contribution >= 0.6 is 0 Å². The highest BCUT2D eigenvalue weighted by Crippen LogP contribution is 2.41. The molecule has 1 aliphatic carbocycles. The predicted octanol–water partition coefficient (Wildman–Crippen LogP) is 4.64. The average molecular weight is 552 g/mol. The highest BCUT2D eigenvalue weighted by atomic mass is 19.3. The molecule has 0 bridgehead atoms. The van der Waals surface area contributed by atoms with Gasteiger partial charge in [-0.25, -0.2) is 23.1 Å². The highest BCUT2D eigenvalue weighted by Gasteiger charge is 2.38. The van der Waals surface area contributed by atoms with Gasteiger partial charge in [0.05, 0.1) is 18.9 Å². The Bertz CT molecular complexity index is 1340. The minimum absolute atomic E-state index is 0.00553. The SMILES string of the molecule is O=C(c1cc(CN[C@@H]2C[C@H]2c2ccc(F)cc2)nc(-c2ccc(N3CCOCC3)cc2)n1)N1CCC(F)(F)CC1. The molecule has 10 heteroatoms. The van der Waals surface area contributed by atoms with Crippen LogP contribution in [0.1, 0.15) is 46.9 Å². The maximum absolute atomic E-state index is 13.7. The third-order valence-corrected chi connectivity index (χ3v) is 7.92. The molecule has 1 saturated carbocycles. The second-order valence-electron chi connectivity index (χ2n) is 10.7. The molecule has 3 fully saturated rings. The molecule has 3 aliphatic rings. The summed E-state index contributed by atoms with van der Waals surface area (Å²) in [4.78, 5) is 26.4. The second kappa shape index (κ2) is 11.2. The zero-order chi connectivity index (χ0) is 27.7. The summed E-state index contributed by atoms with van der Waals surface area (Å²) < 4.78 is 46.2. The minimum Gasteiger partial charge on any atom is -0.378 e. The molecule has 1 aromatic heterocycles. The van der Waals surface area contributed by atoms with Gasteiger partial charge in [-0.15, -0.1) is 0 Å². The lowest BCUT2D eigenvalue weighted by Crippen LogP contribution is -2.43. The summed E-state index contributed by atoms with van der Waals surface area (Å²) in [6, 6.07) is 16.4. The van der Waals surface area contributed by atoms with Crippen molar-refractivity contribution in [1.82, 2.24) is 20.2 Å². The van der Waals surface area contributed by atoms with E-state index in [0.29, 0.717) is 37.2 Å². The molecule has 0 spiro atoms. The number of nitrogens with one attached hydrogen (secondary N) is 1. The number of carbonyl (C=O) groups is 1. The monoisotopic (exact) mass is 551 g/mol. The van der Waals surface area contributed by atoms with Crippen molar-refractivity contribution in [3.05, 3.63) is 77.4 Å². The Morgan fingerprint density at radius 2 is 1.68 bits per heavy atom. The van der Waals surface area contributed by atoms with Crippen molar-refractivity contribution in [2.45, 2.75) is 43.7 Å². The van der Waals surface area contributed by atoms with E-state index in [-0.39, 0.29) is 49.4 Å². The van der Waals surface area contributed by atoms with E-state index in [1.165, 1.54) is 17.0 Å². The molecule has 40 heavy (non-hydrogen) atoms. The number of piperidine rings is 1. The number of benzene rings is 2. The zero-order valence-corrected chi connectivity index (χ0v) is 22.2. The number of anilines is 1. The van der Waals surface area contributed by atoms with Gasteiger partial charge in [-0.3, -0.25) is 4.79 Å². The Morgan fingerprint density at radius 3 is 2.38 bits per heavy atom. The fourth-order valence-corrected chi connectivity index (χ4v) is 5.40. The van der Waals surface area contributed by atoms with Gasteiger partial charge in [0, 0.05) is 68.8 Å². The number of morpholine rings is 1. The lowest BCUT2D eigenvalue weighted by molar-refractivity contribution is -0.0495. The van der Waals surface area contributed by atoms with Gasteiger partial charge in [0.1, 0.15) is 11.5 Å². The summed E-state index contributed by atoms with van der Waals surface area (Å²) in [6.07, 6.45) is 0.238. The molecular weight excluding hydrogens is 519 g/mol. The van der Waals surface area contributed by atoms with Gasteiger partial charge in [-0.1, -0.05) is 12.1 Å². The zero-order valence-electron chi connectivity index (χ0n) is 22.2. The molecule has 2 saturated heterocycles. The fourth-order valence-electron chi connectivity index (χ4n) is 5.40. The van der Waals surface area contributed by atoms with E-state index in [2.05, 4.69) is 15.2 Å². The second-order valence-corrected chi connectivity index (χ2v) is 10.7. The number of halogens is 3. The first kappa shape index (κ1) is 26.7. The van der Waals surface area contributed by atoms with E-state index < -0.39 is 5.92 Å². The van der Waals surface area contributed by atoms with Crippen LogP contribution in [-0.4, -0.2) is 72.1 Å². The third-order valence-electron chi connectivity index (χ3n) is 7.92. The van der Waals surface area contributed by atoms with Crippen LogP contribution in [0.5, 0.6) is 0 Å². The van der Waals surface area contributed by atoms with Crippen LogP contribution < -0.4 is 10.2 Å². The van der Waals surface area contributed by atoms with Crippen LogP contribution in [0.25, 0.3) is 11.4 Å². The molecule has 2 atom stereocenters. The summed E-state index contributed by atoms with van der Waals surface area (Å²) in [5.41, 5.74) is 3.79. The summed E-state index contributed by atoms with van der Waals surface area (Å²) in [6.45, 7) is 3.44. The first-order valence-electron chi connectivity index (χ1n) is 13.8. The molecule has 2 aromatic carbocycles. The maximum Gasteiger partial charge on any atom is 0.272 e. The average Bonchev–Trinajstić information content (AvgIpc) is 3.76. The van der Waals surface area contributed by atoms with Crippen molar-refractivity contribution in [1.29, 1.82) is 0 Å². The third kappa shape index (κ3) is 6.13. The number of nitrogens with zero attached hydrogens (tertiary/aromatic N) is 4. The first-order chi connectivity index (χ1) is 19.3.